The van der Waals surface area contributed by atoms with Crippen molar-refractivity contribution >= 4 is 10.0 Å². The predicted octanol–water partition coefficient (Wildman–Crippen LogP) is 2.08. The number of pyridine rings is 1. The maximum absolute atomic E-state index is 13.1. The second-order valence-electron chi connectivity index (χ2n) is 6.16. The minimum Gasteiger partial charge on any atom is -0.496 e. The lowest BCUT2D eigenvalue weighted by Gasteiger charge is -2.21. The van der Waals surface area contributed by atoms with Gasteiger partial charge in [0.05, 0.1) is 12.0 Å². The second kappa shape index (κ2) is 7.51. The zero-order valence-electron chi connectivity index (χ0n) is 14.6. The Balaban J connectivity index is 1.99. The van der Waals surface area contributed by atoms with Gasteiger partial charge in [0.2, 0.25) is 10.0 Å². The number of aromatic nitrogens is 1. The van der Waals surface area contributed by atoms with Crippen LogP contribution < -0.4 is 4.74 Å². The molecule has 0 spiro atoms. The first-order valence-electron chi connectivity index (χ1n) is 8.29. The number of likely N-dealkylation sites (N-methyl/N-ethyl adjacent to an activating group) is 1. The van der Waals surface area contributed by atoms with E-state index in [0.29, 0.717) is 23.7 Å². The molecule has 0 radical (unpaired) electrons. The van der Waals surface area contributed by atoms with E-state index in [2.05, 4.69) is 9.88 Å². The van der Waals surface area contributed by atoms with Gasteiger partial charge in [-0.05, 0) is 55.9 Å². The summed E-state index contributed by atoms with van der Waals surface area (Å²) in [6.07, 6.45) is 4.20. The minimum absolute atomic E-state index is 0.296. The molecule has 3 rings (SSSR count). The second-order valence-corrected chi connectivity index (χ2v) is 8.10. The van der Waals surface area contributed by atoms with Gasteiger partial charge in [-0.1, -0.05) is 0 Å². The van der Waals surface area contributed by atoms with Crippen molar-refractivity contribution in [3.63, 3.8) is 0 Å². The maximum atomic E-state index is 13.1. The summed E-state index contributed by atoms with van der Waals surface area (Å²) < 4.78 is 33.2. The fourth-order valence-corrected chi connectivity index (χ4v) is 4.51. The van der Waals surface area contributed by atoms with Gasteiger partial charge in [0.15, 0.2) is 0 Å². The average Bonchev–Trinajstić information content (AvgIpc) is 2.87. The molecule has 1 fully saturated rings. The Morgan fingerprint density at radius 3 is 2.52 bits per heavy atom. The molecule has 0 saturated carbocycles. The Morgan fingerprint density at radius 1 is 1.04 bits per heavy atom. The molecular weight excluding hydrogens is 338 g/mol. The zero-order chi connectivity index (χ0) is 17.9. The van der Waals surface area contributed by atoms with Crippen LogP contribution in [0.3, 0.4) is 0 Å². The van der Waals surface area contributed by atoms with E-state index in [-0.39, 0.29) is 0 Å². The van der Waals surface area contributed by atoms with Crippen molar-refractivity contribution in [1.82, 2.24) is 14.2 Å². The lowest BCUT2D eigenvalue weighted by molar-refractivity contribution is 0.347. The van der Waals surface area contributed by atoms with E-state index in [1.807, 2.05) is 19.2 Å². The van der Waals surface area contributed by atoms with Gasteiger partial charge in [-0.25, -0.2) is 8.42 Å². The molecule has 25 heavy (non-hydrogen) atoms. The molecule has 1 aliphatic rings. The standard InChI is InChI=1S/C18H23N3O3S/c1-20-10-3-11-21(13-12-20)25(22,23)16-4-5-18(24-2)17(14-16)15-6-8-19-9-7-15/h4-9,14H,3,10-13H2,1-2H3. The smallest absolute Gasteiger partial charge is 0.243 e. The van der Waals surface area contributed by atoms with Gasteiger partial charge in [-0.15, -0.1) is 0 Å². The lowest BCUT2D eigenvalue weighted by atomic mass is 10.1. The number of sulfonamides is 1. The first-order valence-corrected chi connectivity index (χ1v) is 9.73. The van der Waals surface area contributed by atoms with Crippen molar-refractivity contribution in [2.75, 3.05) is 40.3 Å². The fourth-order valence-electron chi connectivity index (χ4n) is 3.02. The van der Waals surface area contributed by atoms with E-state index >= 15 is 0 Å². The largest absolute Gasteiger partial charge is 0.496 e. The molecule has 134 valence electrons. The minimum atomic E-state index is -3.53. The van der Waals surface area contributed by atoms with Crippen molar-refractivity contribution < 1.29 is 13.2 Å². The van der Waals surface area contributed by atoms with E-state index in [9.17, 15) is 8.42 Å². The van der Waals surface area contributed by atoms with Crippen LogP contribution in [0.15, 0.2) is 47.6 Å². The van der Waals surface area contributed by atoms with Crippen molar-refractivity contribution in [3.05, 3.63) is 42.7 Å². The average molecular weight is 361 g/mol. The van der Waals surface area contributed by atoms with E-state index in [0.717, 1.165) is 30.6 Å². The highest BCUT2D eigenvalue weighted by Gasteiger charge is 2.27. The summed E-state index contributed by atoms with van der Waals surface area (Å²) in [5.74, 6) is 0.640. The maximum Gasteiger partial charge on any atom is 0.243 e. The molecule has 1 aromatic carbocycles. The number of hydrogen-bond donors (Lipinski definition) is 0. The highest BCUT2D eigenvalue weighted by Crippen LogP contribution is 2.32. The lowest BCUT2D eigenvalue weighted by Crippen LogP contribution is -2.34. The molecule has 1 aliphatic heterocycles. The molecule has 1 aromatic heterocycles. The molecule has 0 bridgehead atoms. The topological polar surface area (TPSA) is 62.7 Å². The molecule has 2 aromatic rings. The summed E-state index contributed by atoms with van der Waals surface area (Å²) in [7, 11) is 0.0723. The van der Waals surface area contributed by atoms with Crippen LogP contribution in [0, 0.1) is 0 Å². The van der Waals surface area contributed by atoms with Crippen LogP contribution in [-0.4, -0.2) is 62.9 Å². The molecule has 2 heterocycles. The normalized spacial score (nSPS) is 17.2. The first kappa shape index (κ1) is 17.8. The zero-order valence-corrected chi connectivity index (χ0v) is 15.4. The number of benzene rings is 1. The fraction of sp³-hybridized carbons (Fsp3) is 0.389. The summed E-state index contributed by atoms with van der Waals surface area (Å²) in [4.78, 5) is 6.47. The summed E-state index contributed by atoms with van der Waals surface area (Å²) in [6, 6.07) is 8.71. The molecule has 7 heteroatoms. The van der Waals surface area contributed by atoms with Crippen molar-refractivity contribution in [2.24, 2.45) is 0 Å². The van der Waals surface area contributed by atoms with Gasteiger partial charge in [0.1, 0.15) is 5.75 Å². The predicted molar refractivity (Wildman–Crippen MR) is 97.1 cm³/mol. The van der Waals surface area contributed by atoms with Gasteiger partial charge in [-0.3, -0.25) is 4.98 Å². The Labute approximate surface area is 149 Å². The van der Waals surface area contributed by atoms with Gasteiger partial charge in [-0.2, -0.15) is 4.31 Å². The molecule has 0 N–H and O–H groups in total. The number of nitrogens with zero attached hydrogens (tertiary/aromatic N) is 3. The van der Waals surface area contributed by atoms with E-state index in [4.69, 9.17) is 4.74 Å². The highest BCUT2D eigenvalue weighted by atomic mass is 32.2. The molecular formula is C18H23N3O3S. The van der Waals surface area contributed by atoms with Crippen LogP contribution in [0.2, 0.25) is 0 Å². The summed E-state index contributed by atoms with van der Waals surface area (Å²) in [5.41, 5.74) is 1.62. The summed E-state index contributed by atoms with van der Waals surface area (Å²) >= 11 is 0. The third-order valence-electron chi connectivity index (χ3n) is 4.48. The Morgan fingerprint density at radius 2 is 1.80 bits per heavy atom. The van der Waals surface area contributed by atoms with Gasteiger partial charge in [0, 0.05) is 37.6 Å². The Hall–Kier alpha value is -1.96. The van der Waals surface area contributed by atoms with Gasteiger partial charge in [0.25, 0.3) is 0 Å². The van der Waals surface area contributed by atoms with Crippen molar-refractivity contribution in [1.29, 1.82) is 0 Å². The van der Waals surface area contributed by atoms with Crippen molar-refractivity contribution in [3.8, 4) is 16.9 Å². The highest BCUT2D eigenvalue weighted by molar-refractivity contribution is 7.89. The molecule has 6 nitrogen and oxygen atoms in total. The van der Waals surface area contributed by atoms with Gasteiger partial charge >= 0.3 is 0 Å². The van der Waals surface area contributed by atoms with E-state index < -0.39 is 10.0 Å². The number of methoxy groups -OCH3 is 1. The molecule has 1 saturated heterocycles. The molecule has 0 amide bonds. The Bertz CT molecular complexity index is 825. The van der Waals surface area contributed by atoms with Crippen LogP contribution >= 0.6 is 0 Å². The number of rotatable bonds is 4. The van der Waals surface area contributed by atoms with E-state index in [1.165, 1.54) is 0 Å². The number of ether oxygens (including phenoxy) is 1. The molecule has 0 unspecified atom stereocenters. The monoisotopic (exact) mass is 361 g/mol. The van der Waals surface area contributed by atoms with Crippen LogP contribution in [0.25, 0.3) is 11.1 Å². The number of hydrogen-bond acceptors (Lipinski definition) is 5. The van der Waals surface area contributed by atoms with Gasteiger partial charge < -0.3 is 9.64 Å². The van der Waals surface area contributed by atoms with Crippen LogP contribution in [-0.2, 0) is 10.0 Å². The molecule has 0 atom stereocenters. The summed E-state index contributed by atoms with van der Waals surface area (Å²) in [5, 5.41) is 0. The molecule has 0 aliphatic carbocycles. The third kappa shape index (κ3) is 3.84. The van der Waals surface area contributed by atoms with Crippen molar-refractivity contribution in [2.45, 2.75) is 11.3 Å². The van der Waals surface area contributed by atoms with Crippen LogP contribution in [0.5, 0.6) is 5.75 Å². The SMILES string of the molecule is COc1ccc(S(=O)(=O)N2CCCN(C)CC2)cc1-c1ccncc1. The van der Waals surface area contributed by atoms with E-state index in [1.54, 1.807) is 42.0 Å². The van der Waals surface area contributed by atoms with Crippen LogP contribution in [0.1, 0.15) is 6.42 Å². The Kier molecular flexibility index (Phi) is 5.36. The third-order valence-corrected chi connectivity index (χ3v) is 6.37. The quantitative estimate of drug-likeness (QED) is 0.834. The van der Waals surface area contributed by atoms with Crippen LogP contribution in [0.4, 0.5) is 0 Å². The first-order chi connectivity index (χ1) is 12.0. The summed E-state index contributed by atoms with van der Waals surface area (Å²) in [6.45, 7) is 2.71.